The smallest absolute Gasteiger partial charge is 0.195 e. The van der Waals surface area contributed by atoms with Crippen LogP contribution in [0.5, 0.6) is 0 Å². The van der Waals surface area contributed by atoms with Crippen molar-refractivity contribution in [3.05, 3.63) is 29.8 Å². The monoisotopic (exact) mass is 242 g/mol. The Kier molecular flexibility index (Phi) is 3.83. The van der Waals surface area contributed by atoms with Crippen molar-refractivity contribution in [2.75, 3.05) is 18.4 Å². The van der Waals surface area contributed by atoms with Crippen molar-refractivity contribution >= 4 is 11.6 Å². The molecule has 4 nitrogen and oxygen atoms in total. The first kappa shape index (κ1) is 12.4. The van der Waals surface area contributed by atoms with Crippen molar-refractivity contribution in [2.45, 2.75) is 19.8 Å². The Hall–Kier alpha value is -2.02. The summed E-state index contributed by atoms with van der Waals surface area (Å²) >= 11 is 0. The van der Waals surface area contributed by atoms with Gasteiger partial charge in [0, 0.05) is 24.7 Å². The summed E-state index contributed by atoms with van der Waals surface area (Å²) in [6, 6.07) is 10.3. The number of anilines is 1. The van der Waals surface area contributed by atoms with Crippen LogP contribution in [0.25, 0.3) is 0 Å². The van der Waals surface area contributed by atoms with E-state index in [0.29, 0.717) is 5.96 Å². The molecular formula is C14H18N4. The lowest BCUT2D eigenvalue weighted by molar-refractivity contribution is 0.301. The van der Waals surface area contributed by atoms with Crippen molar-refractivity contribution in [3.63, 3.8) is 0 Å². The highest BCUT2D eigenvalue weighted by atomic mass is 15.3. The molecule has 0 saturated carbocycles. The zero-order valence-electron chi connectivity index (χ0n) is 10.6. The normalized spacial score (nSPS) is 16.1. The van der Waals surface area contributed by atoms with Gasteiger partial charge in [-0.2, -0.15) is 5.26 Å². The van der Waals surface area contributed by atoms with Crippen LogP contribution >= 0.6 is 0 Å². The number of hydrogen-bond donors (Lipinski definition) is 2. The second kappa shape index (κ2) is 5.54. The summed E-state index contributed by atoms with van der Waals surface area (Å²) in [6.07, 6.45) is 1.71. The van der Waals surface area contributed by atoms with E-state index >= 15 is 0 Å². The quantitative estimate of drug-likeness (QED) is 0.587. The van der Waals surface area contributed by atoms with Gasteiger partial charge in [0.2, 0.25) is 0 Å². The van der Waals surface area contributed by atoms with Crippen LogP contribution in [-0.4, -0.2) is 23.9 Å². The van der Waals surface area contributed by atoms with E-state index in [9.17, 15) is 0 Å². The summed E-state index contributed by atoms with van der Waals surface area (Å²) in [5.74, 6) is 0.587. The second-order valence-corrected chi connectivity index (χ2v) is 4.73. The highest BCUT2D eigenvalue weighted by molar-refractivity contribution is 5.91. The van der Waals surface area contributed by atoms with Crippen molar-refractivity contribution in [1.82, 2.24) is 4.90 Å². The molecular weight excluding hydrogens is 224 g/mol. The summed E-state index contributed by atoms with van der Waals surface area (Å²) < 4.78 is 0. The first-order valence-electron chi connectivity index (χ1n) is 6.26. The largest absolute Gasteiger partial charge is 0.343 e. The van der Waals surface area contributed by atoms with Gasteiger partial charge in [-0.3, -0.25) is 5.41 Å². The Morgan fingerprint density at radius 2 is 1.94 bits per heavy atom. The van der Waals surface area contributed by atoms with E-state index < -0.39 is 0 Å². The number of nitriles is 1. The molecule has 0 radical (unpaired) electrons. The van der Waals surface area contributed by atoms with E-state index in [4.69, 9.17) is 10.7 Å². The molecule has 2 N–H and O–H groups in total. The lowest BCUT2D eigenvalue weighted by atomic mass is 9.99. The fourth-order valence-electron chi connectivity index (χ4n) is 2.08. The van der Waals surface area contributed by atoms with Gasteiger partial charge in [-0.1, -0.05) is 17.7 Å². The number of benzene rings is 1. The maximum absolute atomic E-state index is 8.84. The minimum atomic E-state index is 0.161. The van der Waals surface area contributed by atoms with Crippen molar-refractivity contribution in [3.8, 4) is 6.07 Å². The van der Waals surface area contributed by atoms with Crippen LogP contribution < -0.4 is 5.32 Å². The highest BCUT2D eigenvalue weighted by Crippen LogP contribution is 2.17. The zero-order valence-corrected chi connectivity index (χ0v) is 10.6. The number of aryl methyl sites for hydroxylation is 1. The predicted octanol–water partition coefficient (Wildman–Crippen LogP) is 2.58. The third-order valence-corrected chi connectivity index (χ3v) is 3.31. The predicted molar refractivity (Wildman–Crippen MR) is 72.4 cm³/mol. The Balaban J connectivity index is 1.89. The zero-order chi connectivity index (χ0) is 13.0. The SMILES string of the molecule is Cc1ccc(NC(=N)N2CCC(C#N)CC2)cc1. The lowest BCUT2D eigenvalue weighted by Gasteiger charge is -2.31. The summed E-state index contributed by atoms with van der Waals surface area (Å²) in [6.45, 7) is 3.62. The first-order chi connectivity index (χ1) is 8.69. The van der Waals surface area contributed by atoms with Gasteiger partial charge in [0.25, 0.3) is 0 Å². The summed E-state index contributed by atoms with van der Waals surface area (Å²) in [5.41, 5.74) is 2.15. The van der Waals surface area contributed by atoms with Crippen molar-refractivity contribution < 1.29 is 0 Å². The van der Waals surface area contributed by atoms with Crippen LogP contribution in [0.2, 0.25) is 0 Å². The first-order valence-corrected chi connectivity index (χ1v) is 6.26. The molecule has 18 heavy (non-hydrogen) atoms. The van der Waals surface area contributed by atoms with E-state index in [0.717, 1.165) is 31.6 Å². The van der Waals surface area contributed by atoms with Gasteiger partial charge in [0.15, 0.2) is 5.96 Å². The Bertz CT molecular complexity index is 450. The van der Waals surface area contributed by atoms with E-state index in [1.165, 1.54) is 5.56 Å². The molecule has 1 aromatic carbocycles. The molecule has 0 aliphatic carbocycles. The number of nitrogens with one attached hydrogen (secondary N) is 2. The summed E-state index contributed by atoms with van der Waals surface area (Å²) in [7, 11) is 0. The molecule has 1 fully saturated rings. The summed E-state index contributed by atoms with van der Waals surface area (Å²) in [5, 5.41) is 20.0. The fraction of sp³-hybridized carbons (Fsp3) is 0.429. The number of rotatable bonds is 1. The maximum Gasteiger partial charge on any atom is 0.195 e. The standard InChI is InChI=1S/C14H18N4/c1-11-2-4-13(5-3-11)17-14(16)18-8-6-12(10-15)7-9-18/h2-5,12H,6-9H2,1H3,(H2,16,17). The van der Waals surface area contributed by atoms with Crippen LogP contribution in [-0.2, 0) is 0 Å². The molecule has 0 spiro atoms. The van der Waals surface area contributed by atoms with Crippen LogP contribution in [0.4, 0.5) is 5.69 Å². The van der Waals surface area contributed by atoms with E-state index in [1.807, 2.05) is 36.1 Å². The molecule has 2 rings (SSSR count). The maximum atomic E-state index is 8.84. The van der Waals surface area contributed by atoms with Crippen LogP contribution in [0.15, 0.2) is 24.3 Å². The Labute approximate surface area is 108 Å². The molecule has 0 amide bonds. The molecule has 1 aliphatic rings. The van der Waals surface area contributed by atoms with Crippen LogP contribution in [0.1, 0.15) is 18.4 Å². The topological polar surface area (TPSA) is 62.9 Å². The lowest BCUT2D eigenvalue weighted by Crippen LogP contribution is -2.41. The van der Waals surface area contributed by atoms with Gasteiger partial charge in [-0.15, -0.1) is 0 Å². The average molecular weight is 242 g/mol. The third-order valence-electron chi connectivity index (χ3n) is 3.31. The van der Waals surface area contributed by atoms with Gasteiger partial charge >= 0.3 is 0 Å². The molecule has 0 bridgehead atoms. The molecule has 1 saturated heterocycles. The fourth-order valence-corrected chi connectivity index (χ4v) is 2.08. The molecule has 1 aromatic rings. The molecule has 0 unspecified atom stereocenters. The third kappa shape index (κ3) is 3.01. The van der Waals surface area contributed by atoms with Gasteiger partial charge in [-0.25, -0.2) is 0 Å². The number of nitrogens with zero attached hydrogens (tertiary/aromatic N) is 2. The Morgan fingerprint density at radius 3 is 2.50 bits per heavy atom. The minimum Gasteiger partial charge on any atom is -0.343 e. The van der Waals surface area contributed by atoms with E-state index in [2.05, 4.69) is 11.4 Å². The average Bonchev–Trinajstić information content (AvgIpc) is 2.41. The van der Waals surface area contributed by atoms with Crippen molar-refractivity contribution in [1.29, 1.82) is 10.7 Å². The van der Waals surface area contributed by atoms with Gasteiger partial charge in [0.1, 0.15) is 0 Å². The molecule has 0 aromatic heterocycles. The van der Waals surface area contributed by atoms with Crippen LogP contribution in [0, 0.1) is 29.6 Å². The van der Waals surface area contributed by atoms with E-state index in [-0.39, 0.29) is 5.92 Å². The highest BCUT2D eigenvalue weighted by Gasteiger charge is 2.20. The number of likely N-dealkylation sites (tertiary alicyclic amines) is 1. The second-order valence-electron chi connectivity index (χ2n) is 4.73. The van der Waals surface area contributed by atoms with Gasteiger partial charge in [-0.05, 0) is 31.9 Å². The number of piperidine rings is 1. The minimum absolute atomic E-state index is 0.161. The number of hydrogen-bond acceptors (Lipinski definition) is 2. The van der Waals surface area contributed by atoms with Crippen molar-refractivity contribution in [2.24, 2.45) is 5.92 Å². The molecule has 0 atom stereocenters. The van der Waals surface area contributed by atoms with Crippen LogP contribution in [0.3, 0.4) is 0 Å². The molecule has 1 heterocycles. The molecule has 4 heteroatoms. The van der Waals surface area contributed by atoms with E-state index in [1.54, 1.807) is 0 Å². The molecule has 1 aliphatic heterocycles. The summed E-state index contributed by atoms with van der Waals surface area (Å²) in [4.78, 5) is 1.99. The van der Waals surface area contributed by atoms with Gasteiger partial charge < -0.3 is 10.2 Å². The van der Waals surface area contributed by atoms with Gasteiger partial charge in [0.05, 0.1) is 6.07 Å². The molecule has 94 valence electrons. The number of guanidine groups is 1. The Morgan fingerprint density at radius 1 is 1.33 bits per heavy atom.